The normalized spacial score (nSPS) is 22.1. The molecule has 218 valence electrons. The third-order valence-corrected chi connectivity index (χ3v) is 9.65. The second-order valence-electron chi connectivity index (χ2n) is 12.4. The van der Waals surface area contributed by atoms with Crippen molar-refractivity contribution in [3.8, 4) is 0 Å². The van der Waals surface area contributed by atoms with E-state index in [1.165, 1.54) is 17.4 Å². The van der Waals surface area contributed by atoms with E-state index < -0.39 is 15.6 Å². The summed E-state index contributed by atoms with van der Waals surface area (Å²) in [6.45, 7) is 9.16. The first kappa shape index (κ1) is 28.8. The van der Waals surface area contributed by atoms with Crippen LogP contribution in [0.15, 0.2) is 36.5 Å². The number of benzene rings is 1. The second kappa shape index (κ2) is 11.3. The number of anilines is 1. The number of likely N-dealkylation sites (N-methyl/N-ethyl adjacent to an activating group) is 1. The van der Waals surface area contributed by atoms with Crippen LogP contribution in [-0.4, -0.2) is 91.3 Å². The van der Waals surface area contributed by atoms with Crippen molar-refractivity contribution < 1.29 is 17.9 Å². The van der Waals surface area contributed by atoms with E-state index in [2.05, 4.69) is 35.0 Å². The maximum Gasteiger partial charge on any atom is 0.410 e. The minimum Gasteiger partial charge on any atom is -0.444 e. The molecule has 40 heavy (non-hydrogen) atoms. The van der Waals surface area contributed by atoms with Crippen molar-refractivity contribution in [3.05, 3.63) is 58.9 Å². The van der Waals surface area contributed by atoms with Gasteiger partial charge in [0.25, 0.3) is 0 Å². The molecule has 0 radical (unpaired) electrons. The molecule has 1 fully saturated rings. The lowest BCUT2D eigenvalue weighted by molar-refractivity contribution is 0.00645. The summed E-state index contributed by atoms with van der Waals surface area (Å²) in [5.41, 5.74) is 5.40. The zero-order valence-electron chi connectivity index (χ0n) is 24.5. The number of fused-ring (bicyclic) bond motifs is 2. The summed E-state index contributed by atoms with van der Waals surface area (Å²) in [6.07, 6.45) is 6.82. The number of pyridine rings is 1. The van der Waals surface area contributed by atoms with E-state index in [1.54, 1.807) is 4.31 Å². The SMILES string of the molecule is CN(CC1Cc2c(cccc2N2CCN(S(C)(=O)=O)CC2)CN1C(=O)OC(C)(C)C)[C@H]1CCCc2cccnc21. The molecule has 9 nitrogen and oxygen atoms in total. The van der Waals surface area contributed by atoms with Gasteiger partial charge in [0.1, 0.15) is 5.60 Å². The lowest BCUT2D eigenvalue weighted by Crippen LogP contribution is -2.52. The predicted molar refractivity (Wildman–Crippen MR) is 157 cm³/mol. The van der Waals surface area contributed by atoms with E-state index in [-0.39, 0.29) is 18.2 Å². The average molecular weight is 570 g/mol. The van der Waals surface area contributed by atoms with E-state index in [0.29, 0.717) is 45.7 Å². The van der Waals surface area contributed by atoms with Crippen LogP contribution in [0.25, 0.3) is 0 Å². The summed E-state index contributed by atoms with van der Waals surface area (Å²) in [7, 11) is -1.05. The van der Waals surface area contributed by atoms with E-state index in [0.717, 1.165) is 36.2 Å². The molecule has 0 spiro atoms. The molecule has 2 aromatic rings. The van der Waals surface area contributed by atoms with Gasteiger partial charge in [-0.2, -0.15) is 4.31 Å². The molecular formula is C30H43N5O4S. The highest BCUT2D eigenvalue weighted by atomic mass is 32.2. The maximum absolute atomic E-state index is 13.5. The minimum absolute atomic E-state index is 0.0695. The highest BCUT2D eigenvalue weighted by Crippen LogP contribution is 2.36. The first-order valence-electron chi connectivity index (χ1n) is 14.3. The summed E-state index contributed by atoms with van der Waals surface area (Å²) >= 11 is 0. The molecule has 3 heterocycles. The fourth-order valence-corrected chi connectivity index (χ4v) is 7.22. The summed E-state index contributed by atoms with van der Waals surface area (Å²) < 4.78 is 31.6. The number of piperazine rings is 1. The molecule has 0 saturated carbocycles. The van der Waals surface area contributed by atoms with Crippen molar-refractivity contribution in [2.24, 2.45) is 0 Å². The van der Waals surface area contributed by atoms with Crippen LogP contribution >= 0.6 is 0 Å². The Hall–Kier alpha value is -2.69. The first-order valence-corrected chi connectivity index (χ1v) is 16.2. The number of ether oxygens (including phenoxy) is 1. The summed E-state index contributed by atoms with van der Waals surface area (Å²) in [6, 6.07) is 10.6. The van der Waals surface area contributed by atoms with Crippen LogP contribution in [0.5, 0.6) is 0 Å². The van der Waals surface area contributed by atoms with Gasteiger partial charge in [-0.15, -0.1) is 0 Å². The van der Waals surface area contributed by atoms with Gasteiger partial charge in [-0.25, -0.2) is 13.2 Å². The largest absolute Gasteiger partial charge is 0.444 e. The summed E-state index contributed by atoms with van der Waals surface area (Å²) in [4.78, 5) is 24.8. The quantitative estimate of drug-likeness (QED) is 0.541. The van der Waals surface area contributed by atoms with Gasteiger partial charge in [0, 0.05) is 51.2 Å². The van der Waals surface area contributed by atoms with Crippen LogP contribution < -0.4 is 4.90 Å². The van der Waals surface area contributed by atoms with E-state index in [4.69, 9.17) is 9.72 Å². The predicted octanol–water partition coefficient (Wildman–Crippen LogP) is 3.83. The summed E-state index contributed by atoms with van der Waals surface area (Å²) in [5, 5.41) is 0. The van der Waals surface area contributed by atoms with Gasteiger partial charge in [0.15, 0.2) is 0 Å². The van der Waals surface area contributed by atoms with Crippen molar-refractivity contribution in [2.45, 2.75) is 70.7 Å². The molecule has 1 aliphatic carbocycles. The van der Waals surface area contributed by atoms with Crippen molar-refractivity contribution in [2.75, 3.05) is 50.9 Å². The third kappa shape index (κ3) is 6.29. The number of hydrogen-bond donors (Lipinski definition) is 0. The number of sulfonamides is 1. The zero-order chi connectivity index (χ0) is 28.7. The molecule has 1 unspecified atom stereocenters. The van der Waals surface area contributed by atoms with E-state index in [1.807, 2.05) is 44.0 Å². The third-order valence-electron chi connectivity index (χ3n) is 8.34. The molecule has 5 rings (SSSR count). The van der Waals surface area contributed by atoms with Crippen molar-refractivity contribution in [1.29, 1.82) is 0 Å². The number of aromatic nitrogens is 1. The van der Waals surface area contributed by atoms with Gasteiger partial charge < -0.3 is 9.64 Å². The molecule has 2 atom stereocenters. The molecule has 1 aromatic heterocycles. The smallest absolute Gasteiger partial charge is 0.410 e. The Bertz CT molecular complexity index is 1330. The van der Waals surface area contributed by atoms with Gasteiger partial charge in [-0.1, -0.05) is 18.2 Å². The van der Waals surface area contributed by atoms with Crippen LogP contribution in [-0.2, 0) is 34.1 Å². The van der Waals surface area contributed by atoms with Gasteiger partial charge in [-0.3, -0.25) is 14.8 Å². The molecule has 1 aromatic carbocycles. The highest BCUT2D eigenvalue weighted by molar-refractivity contribution is 7.88. The number of carbonyl (C=O) groups is 1. The molecule has 1 amide bonds. The molecule has 0 bridgehead atoms. The highest BCUT2D eigenvalue weighted by Gasteiger charge is 2.37. The van der Waals surface area contributed by atoms with Crippen molar-refractivity contribution in [3.63, 3.8) is 0 Å². The Labute approximate surface area is 239 Å². The number of hydrogen-bond acceptors (Lipinski definition) is 7. The van der Waals surface area contributed by atoms with E-state index >= 15 is 0 Å². The van der Waals surface area contributed by atoms with Gasteiger partial charge in [-0.05, 0) is 82.3 Å². The number of aryl methyl sites for hydroxylation is 1. The Morgan fingerprint density at radius 3 is 2.52 bits per heavy atom. The Kier molecular flexibility index (Phi) is 8.14. The molecular weight excluding hydrogens is 526 g/mol. The van der Waals surface area contributed by atoms with Gasteiger partial charge in [0.2, 0.25) is 10.0 Å². The zero-order valence-corrected chi connectivity index (χ0v) is 25.3. The summed E-state index contributed by atoms with van der Waals surface area (Å²) in [5.74, 6) is 0. The average Bonchev–Trinajstić information content (AvgIpc) is 2.90. The molecule has 1 saturated heterocycles. The molecule has 10 heteroatoms. The van der Waals surface area contributed by atoms with Crippen LogP contribution in [0, 0.1) is 0 Å². The van der Waals surface area contributed by atoms with Crippen molar-refractivity contribution in [1.82, 2.24) is 19.1 Å². The monoisotopic (exact) mass is 569 g/mol. The van der Waals surface area contributed by atoms with Gasteiger partial charge >= 0.3 is 6.09 Å². The number of amides is 1. The Morgan fingerprint density at radius 1 is 1.10 bits per heavy atom. The maximum atomic E-state index is 13.5. The second-order valence-corrected chi connectivity index (χ2v) is 14.4. The fraction of sp³-hybridized carbons (Fsp3) is 0.600. The topological polar surface area (TPSA) is 86.3 Å². The Balaban J connectivity index is 1.42. The van der Waals surface area contributed by atoms with Gasteiger partial charge in [0.05, 0.1) is 24.0 Å². The number of carbonyl (C=O) groups excluding carboxylic acids is 1. The molecule has 2 aliphatic heterocycles. The van der Waals surface area contributed by atoms with Crippen molar-refractivity contribution >= 4 is 21.8 Å². The van der Waals surface area contributed by atoms with E-state index in [9.17, 15) is 13.2 Å². The van der Waals surface area contributed by atoms with Crippen LogP contribution in [0.1, 0.15) is 62.0 Å². The lowest BCUT2D eigenvalue weighted by atomic mass is 9.89. The van der Waals surface area contributed by atoms with Crippen LogP contribution in [0.4, 0.5) is 10.5 Å². The fourth-order valence-electron chi connectivity index (χ4n) is 6.39. The number of rotatable bonds is 5. The number of nitrogens with zero attached hydrogens (tertiary/aromatic N) is 5. The standard InChI is InChI=1S/C30H43N5O4S/c1-30(2,3)39-29(36)35-20-23-10-7-12-26(33-15-17-34(18-16-33)40(5,37)38)25(23)19-24(35)21-32(4)27-13-6-9-22-11-8-14-31-28(22)27/h7-8,10-12,14,24,27H,6,9,13,15-21H2,1-5H3/t24?,27-/m0/s1. The lowest BCUT2D eigenvalue weighted by Gasteiger charge is -2.43. The van der Waals surface area contributed by atoms with Crippen LogP contribution in [0.3, 0.4) is 0 Å². The minimum atomic E-state index is -3.20. The Morgan fingerprint density at radius 2 is 1.82 bits per heavy atom. The molecule has 0 N–H and O–H groups in total. The molecule has 3 aliphatic rings. The first-order chi connectivity index (χ1) is 18.9. The van der Waals surface area contributed by atoms with Crippen LogP contribution in [0.2, 0.25) is 0 Å².